The number of hydrogen-bond acceptors (Lipinski definition) is 1. The van der Waals surface area contributed by atoms with Crippen LogP contribution < -0.4 is 4.74 Å². The van der Waals surface area contributed by atoms with E-state index in [0.29, 0.717) is 6.10 Å². The summed E-state index contributed by atoms with van der Waals surface area (Å²) in [6.45, 7) is 10.7. The van der Waals surface area contributed by atoms with Crippen molar-refractivity contribution in [3.05, 3.63) is 29.8 Å². The Bertz CT molecular complexity index is 322. The van der Waals surface area contributed by atoms with Gasteiger partial charge in [-0.05, 0) is 29.9 Å². The van der Waals surface area contributed by atoms with E-state index in [-0.39, 0.29) is 5.41 Å². The van der Waals surface area contributed by atoms with Gasteiger partial charge in [0, 0.05) is 0 Å². The molecule has 1 aromatic rings. The first kappa shape index (κ1) is 13.1. The van der Waals surface area contributed by atoms with Gasteiger partial charge in [0.15, 0.2) is 0 Å². The average molecular weight is 220 g/mol. The van der Waals surface area contributed by atoms with Crippen molar-refractivity contribution in [2.75, 3.05) is 0 Å². The molecule has 0 saturated carbocycles. The summed E-state index contributed by atoms with van der Waals surface area (Å²) in [5.74, 6) is 1.08. The lowest BCUT2D eigenvalue weighted by Crippen LogP contribution is -2.35. The fraction of sp³-hybridized carbons (Fsp3) is 0.600. The van der Waals surface area contributed by atoms with E-state index in [4.69, 9.17) is 4.74 Å². The van der Waals surface area contributed by atoms with Crippen LogP contribution in [0.5, 0.6) is 5.75 Å². The molecule has 1 heterocycles. The number of ether oxygens (including phenoxy) is 1. The van der Waals surface area contributed by atoms with Gasteiger partial charge in [-0.25, -0.2) is 0 Å². The first-order valence-corrected chi connectivity index (χ1v) is 6.32. The third-order valence-electron chi connectivity index (χ3n) is 2.88. The second-order valence-electron chi connectivity index (χ2n) is 5.12. The molecular formula is C15H24O. The van der Waals surface area contributed by atoms with Crippen molar-refractivity contribution >= 4 is 0 Å². The Labute approximate surface area is 99.8 Å². The Kier molecular flexibility index (Phi) is 4.40. The summed E-state index contributed by atoms with van der Waals surface area (Å²) in [5, 5.41) is 0. The van der Waals surface area contributed by atoms with Gasteiger partial charge in [0.1, 0.15) is 11.9 Å². The lowest BCUT2D eigenvalue weighted by molar-refractivity contribution is 0.0675. The molecular weight excluding hydrogens is 196 g/mol. The summed E-state index contributed by atoms with van der Waals surface area (Å²) in [7, 11) is 0. The van der Waals surface area contributed by atoms with Crippen molar-refractivity contribution < 1.29 is 4.74 Å². The quantitative estimate of drug-likeness (QED) is 0.627. The monoisotopic (exact) mass is 220 g/mol. The molecule has 0 saturated heterocycles. The van der Waals surface area contributed by atoms with Crippen LogP contribution in [-0.2, 0) is 6.42 Å². The van der Waals surface area contributed by atoms with Crippen molar-refractivity contribution in [1.82, 2.24) is 0 Å². The van der Waals surface area contributed by atoms with Crippen LogP contribution in [0.2, 0.25) is 0 Å². The Hall–Kier alpha value is -0.980. The third-order valence-corrected chi connectivity index (χ3v) is 2.88. The van der Waals surface area contributed by atoms with E-state index in [1.54, 1.807) is 0 Å². The van der Waals surface area contributed by atoms with Crippen LogP contribution in [0, 0.1) is 5.41 Å². The number of rotatable bonds is 0. The van der Waals surface area contributed by atoms with Crippen LogP contribution >= 0.6 is 0 Å². The summed E-state index contributed by atoms with van der Waals surface area (Å²) in [6.07, 6.45) is 2.65. The van der Waals surface area contributed by atoms with Gasteiger partial charge >= 0.3 is 0 Å². The number of fused-ring (bicyclic) bond motifs is 1. The Morgan fingerprint density at radius 3 is 2.38 bits per heavy atom. The molecule has 1 atom stereocenters. The second kappa shape index (κ2) is 5.38. The van der Waals surface area contributed by atoms with Gasteiger partial charge < -0.3 is 4.74 Å². The highest BCUT2D eigenvalue weighted by atomic mass is 16.5. The molecule has 16 heavy (non-hydrogen) atoms. The molecule has 0 radical (unpaired) electrons. The van der Waals surface area contributed by atoms with Gasteiger partial charge in [-0.1, -0.05) is 52.8 Å². The summed E-state index contributed by atoms with van der Waals surface area (Å²) in [4.78, 5) is 0. The van der Waals surface area contributed by atoms with Gasteiger partial charge in [-0.3, -0.25) is 0 Å². The molecule has 0 fully saturated rings. The van der Waals surface area contributed by atoms with E-state index in [2.05, 4.69) is 39.0 Å². The van der Waals surface area contributed by atoms with Gasteiger partial charge in [0.25, 0.3) is 0 Å². The highest BCUT2D eigenvalue weighted by molar-refractivity contribution is 5.35. The smallest absolute Gasteiger partial charge is 0.122 e. The first-order valence-electron chi connectivity index (χ1n) is 6.32. The number of aryl methyl sites for hydroxylation is 1. The van der Waals surface area contributed by atoms with Gasteiger partial charge in [0.2, 0.25) is 0 Å². The van der Waals surface area contributed by atoms with Crippen LogP contribution in [0.4, 0.5) is 0 Å². The predicted octanol–water partition coefficient (Wildman–Crippen LogP) is 4.45. The molecule has 0 aliphatic carbocycles. The summed E-state index contributed by atoms with van der Waals surface area (Å²) >= 11 is 0. The lowest BCUT2D eigenvalue weighted by atomic mass is 9.84. The minimum atomic E-state index is 0.244. The molecule has 0 aromatic heterocycles. The van der Waals surface area contributed by atoms with Crippen LogP contribution in [0.25, 0.3) is 0 Å². The molecule has 0 bridgehead atoms. The maximum atomic E-state index is 6.00. The average Bonchev–Trinajstić information content (AvgIpc) is 2.30. The van der Waals surface area contributed by atoms with Crippen LogP contribution in [-0.4, -0.2) is 6.10 Å². The van der Waals surface area contributed by atoms with E-state index in [1.807, 2.05) is 19.9 Å². The normalized spacial score (nSPS) is 18.9. The standard InChI is InChI=1S/C13H18O.C2H6/c1-13(2,3)12-9-8-10-6-4-5-7-11(10)14-12;1-2/h4-7,12H,8-9H2,1-3H3;1-2H3. The molecule has 1 aliphatic heterocycles. The fourth-order valence-corrected chi connectivity index (χ4v) is 1.93. The molecule has 2 rings (SSSR count). The largest absolute Gasteiger partial charge is 0.490 e. The highest BCUT2D eigenvalue weighted by Crippen LogP contribution is 2.34. The molecule has 1 aliphatic rings. The van der Waals surface area contributed by atoms with E-state index in [1.165, 1.54) is 5.56 Å². The summed E-state index contributed by atoms with van der Waals surface area (Å²) < 4.78 is 6.00. The molecule has 0 amide bonds. The van der Waals surface area contributed by atoms with Crippen LogP contribution in [0.3, 0.4) is 0 Å². The van der Waals surface area contributed by atoms with Gasteiger partial charge in [-0.15, -0.1) is 0 Å². The molecule has 1 heteroatoms. The minimum Gasteiger partial charge on any atom is -0.490 e. The zero-order valence-electron chi connectivity index (χ0n) is 11.2. The third kappa shape index (κ3) is 3.01. The van der Waals surface area contributed by atoms with Crippen molar-refractivity contribution in [2.45, 2.75) is 53.6 Å². The van der Waals surface area contributed by atoms with Crippen LogP contribution in [0.15, 0.2) is 24.3 Å². The van der Waals surface area contributed by atoms with Crippen molar-refractivity contribution in [2.24, 2.45) is 5.41 Å². The number of benzene rings is 1. The molecule has 1 aromatic carbocycles. The molecule has 1 unspecified atom stereocenters. The minimum absolute atomic E-state index is 0.244. The van der Waals surface area contributed by atoms with Crippen molar-refractivity contribution in [1.29, 1.82) is 0 Å². The topological polar surface area (TPSA) is 9.23 Å². The first-order chi connectivity index (χ1) is 7.57. The SMILES string of the molecule is CC.CC(C)(C)C1CCc2ccccc2O1. The fourth-order valence-electron chi connectivity index (χ4n) is 1.93. The van der Waals surface area contributed by atoms with Crippen molar-refractivity contribution in [3.8, 4) is 5.75 Å². The molecule has 1 nitrogen and oxygen atoms in total. The molecule has 0 N–H and O–H groups in total. The predicted molar refractivity (Wildman–Crippen MR) is 70.0 cm³/mol. The van der Waals surface area contributed by atoms with Crippen LogP contribution in [0.1, 0.15) is 46.6 Å². The molecule has 0 spiro atoms. The second-order valence-corrected chi connectivity index (χ2v) is 5.12. The Balaban J connectivity index is 0.000000606. The number of para-hydroxylation sites is 1. The van der Waals surface area contributed by atoms with Crippen molar-refractivity contribution in [3.63, 3.8) is 0 Å². The zero-order chi connectivity index (χ0) is 12.2. The lowest BCUT2D eigenvalue weighted by Gasteiger charge is -2.35. The summed E-state index contributed by atoms with van der Waals surface area (Å²) in [6, 6.07) is 8.37. The number of hydrogen-bond donors (Lipinski definition) is 0. The maximum Gasteiger partial charge on any atom is 0.122 e. The highest BCUT2D eigenvalue weighted by Gasteiger charge is 2.29. The van der Waals surface area contributed by atoms with Gasteiger partial charge in [-0.2, -0.15) is 0 Å². The maximum absolute atomic E-state index is 6.00. The Morgan fingerprint density at radius 2 is 1.75 bits per heavy atom. The van der Waals surface area contributed by atoms with E-state index in [0.717, 1.165) is 18.6 Å². The molecule has 90 valence electrons. The van der Waals surface area contributed by atoms with Gasteiger partial charge in [0.05, 0.1) is 0 Å². The van der Waals surface area contributed by atoms with E-state index in [9.17, 15) is 0 Å². The zero-order valence-corrected chi connectivity index (χ0v) is 11.2. The summed E-state index contributed by atoms with van der Waals surface area (Å²) in [5.41, 5.74) is 1.60. The van der Waals surface area contributed by atoms with E-state index < -0.39 is 0 Å². The Morgan fingerprint density at radius 1 is 1.12 bits per heavy atom. The van der Waals surface area contributed by atoms with E-state index >= 15 is 0 Å².